The molecule has 1 rings (SSSR count). The molecule has 0 spiro atoms. The standard InChI is InChI=1S/C19H24O3/c1-2-3-5-12-19(22-16-20)13-8-11-18(21)15-14-17-9-6-4-7-10-17/h4,6-11,14-16,19H,2-3,5,12-13H2,1H3/b11-8+,15-14+/t19-/m1/s1. The molecule has 0 heterocycles. The van der Waals surface area contributed by atoms with Crippen molar-refractivity contribution < 1.29 is 14.3 Å². The van der Waals surface area contributed by atoms with Crippen LogP contribution in [0.25, 0.3) is 6.08 Å². The van der Waals surface area contributed by atoms with Gasteiger partial charge in [0, 0.05) is 6.42 Å². The van der Waals surface area contributed by atoms with Crippen LogP contribution >= 0.6 is 0 Å². The van der Waals surface area contributed by atoms with Gasteiger partial charge in [-0.25, -0.2) is 0 Å². The lowest BCUT2D eigenvalue weighted by Gasteiger charge is -2.12. The molecule has 118 valence electrons. The molecule has 0 aliphatic rings. The lowest BCUT2D eigenvalue weighted by Crippen LogP contribution is -2.11. The monoisotopic (exact) mass is 300 g/mol. The van der Waals surface area contributed by atoms with Crippen LogP contribution < -0.4 is 0 Å². The van der Waals surface area contributed by atoms with Gasteiger partial charge in [-0.15, -0.1) is 0 Å². The van der Waals surface area contributed by atoms with E-state index in [0.717, 1.165) is 31.2 Å². The highest BCUT2D eigenvalue weighted by Gasteiger charge is 2.06. The summed E-state index contributed by atoms with van der Waals surface area (Å²) in [6, 6.07) is 9.67. The smallest absolute Gasteiger partial charge is 0.293 e. The van der Waals surface area contributed by atoms with Gasteiger partial charge in [-0.2, -0.15) is 0 Å². The quantitative estimate of drug-likeness (QED) is 0.347. The molecule has 3 nitrogen and oxygen atoms in total. The molecule has 1 aromatic rings. The van der Waals surface area contributed by atoms with Crippen LogP contribution in [0.4, 0.5) is 0 Å². The first-order valence-corrected chi connectivity index (χ1v) is 7.79. The van der Waals surface area contributed by atoms with Crippen LogP contribution in [0, 0.1) is 0 Å². The van der Waals surface area contributed by atoms with Gasteiger partial charge in [-0.05, 0) is 30.6 Å². The van der Waals surface area contributed by atoms with E-state index >= 15 is 0 Å². The Morgan fingerprint density at radius 1 is 1.18 bits per heavy atom. The molecule has 1 atom stereocenters. The summed E-state index contributed by atoms with van der Waals surface area (Å²) in [6.45, 7) is 2.62. The van der Waals surface area contributed by atoms with Crippen molar-refractivity contribution in [2.45, 2.75) is 45.1 Å². The van der Waals surface area contributed by atoms with E-state index < -0.39 is 0 Å². The molecule has 0 fully saturated rings. The number of benzene rings is 1. The zero-order valence-electron chi connectivity index (χ0n) is 13.1. The first-order chi connectivity index (χ1) is 10.8. The van der Waals surface area contributed by atoms with Gasteiger partial charge in [0.1, 0.15) is 6.10 Å². The lowest BCUT2D eigenvalue weighted by atomic mass is 10.1. The molecule has 22 heavy (non-hydrogen) atoms. The molecule has 0 saturated carbocycles. The van der Waals surface area contributed by atoms with Gasteiger partial charge in [-0.1, -0.05) is 62.2 Å². The fraction of sp³-hybridized carbons (Fsp3) is 0.368. The highest BCUT2D eigenvalue weighted by atomic mass is 16.5. The van der Waals surface area contributed by atoms with Crippen molar-refractivity contribution in [3.8, 4) is 0 Å². The first-order valence-electron chi connectivity index (χ1n) is 7.79. The second kappa shape index (κ2) is 11.5. The molecule has 0 aromatic heterocycles. The minimum Gasteiger partial charge on any atom is -0.464 e. The van der Waals surface area contributed by atoms with Gasteiger partial charge in [-0.3, -0.25) is 9.59 Å². The molecule has 0 unspecified atom stereocenters. The van der Waals surface area contributed by atoms with Crippen molar-refractivity contribution in [1.29, 1.82) is 0 Å². The Balaban J connectivity index is 2.39. The topological polar surface area (TPSA) is 43.4 Å². The fourth-order valence-corrected chi connectivity index (χ4v) is 2.08. The van der Waals surface area contributed by atoms with Crippen LogP contribution in [0.3, 0.4) is 0 Å². The van der Waals surface area contributed by atoms with Gasteiger partial charge >= 0.3 is 0 Å². The van der Waals surface area contributed by atoms with Crippen LogP contribution in [0.2, 0.25) is 0 Å². The maximum Gasteiger partial charge on any atom is 0.293 e. The van der Waals surface area contributed by atoms with E-state index in [9.17, 15) is 9.59 Å². The van der Waals surface area contributed by atoms with Crippen LogP contribution in [0.15, 0.2) is 48.6 Å². The summed E-state index contributed by atoms with van der Waals surface area (Å²) in [5.41, 5.74) is 0.992. The van der Waals surface area contributed by atoms with E-state index in [1.54, 1.807) is 18.2 Å². The van der Waals surface area contributed by atoms with Crippen molar-refractivity contribution >= 4 is 18.3 Å². The number of ether oxygens (including phenoxy) is 1. The summed E-state index contributed by atoms with van der Waals surface area (Å²) < 4.78 is 5.04. The molecule has 1 aromatic carbocycles. The number of allylic oxidation sites excluding steroid dienone is 2. The van der Waals surface area contributed by atoms with Gasteiger partial charge in [0.15, 0.2) is 5.78 Å². The van der Waals surface area contributed by atoms with E-state index in [4.69, 9.17) is 4.74 Å². The highest BCUT2D eigenvalue weighted by Crippen LogP contribution is 2.10. The first kappa shape index (κ1) is 17.9. The van der Waals surface area contributed by atoms with Crippen LogP contribution in [-0.2, 0) is 14.3 Å². The zero-order valence-corrected chi connectivity index (χ0v) is 13.1. The molecule has 0 aliphatic heterocycles. The summed E-state index contributed by atoms with van der Waals surface area (Å²) >= 11 is 0. The maximum absolute atomic E-state index is 11.7. The van der Waals surface area contributed by atoms with Gasteiger partial charge < -0.3 is 4.74 Å². The molecule has 0 amide bonds. The van der Waals surface area contributed by atoms with Crippen molar-refractivity contribution in [2.24, 2.45) is 0 Å². The van der Waals surface area contributed by atoms with Crippen LogP contribution in [-0.4, -0.2) is 18.4 Å². The Kier molecular flexibility index (Phi) is 9.35. The molecule has 0 N–H and O–H groups in total. The van der Waals surface area contributed by atoms with Crippen molar-refractivity contribution in [2.75, 3.05) is 0 Å². The largest absolute Gasteiger partial charge is 0.464 e. The van der Waals surface area contributed by atoms with E-state index in [1.807, 2.05) is 30.3 Å². The third-order valence-corrected chi connectivity index (χ3v) is 3.30. The predicted molar refractivity (Wildman–Crippen MR) is 89.3 cm³/mol. The number of carbonyl (C=O) groups excluding carboxylic acids is 2. The predicted octanol–water partition coefficient (Wildman–Crippen LogP) is 4.34. The van der Waals surface area contributed by atoms with Crippen molar-refractivity contribution in [3.63, 3.8) is 0 Å². The van der Waals surface area contributed by atoms with Gasteiger partial charge in [0.25, 0.3) is 6.47 Å². The number of carbonyl (C=O) groups is 2. The van der Waals surface area contributed by atoms with Crippen molar-refractivity contribution in [1.82, 2.24) is 0 Å². The normalized spacial score (nSPS) is 12.6. The number of unbranched alkanes of at least 4 members (excludes halogenated alkanes) is 2. The van der Waals surface area contributed by atoms with E-state index in [0.29, 0.717) is 12.9 Å². The van der Waals surface area contributed by atoms with E-state index in [1.165, 1.54) is 6.08 Å². The van der Waals surface area contributed by atoms with Gasteiger partial charge in [0.2, 0.25) is 0 Å². The maximum atomic E-state index is 11.7. The number of hydrogen-bond acceptors (Lipinski definition) is 3. The summed E-state index contributed by atoms with van der Waals surface area (Å²) in [6.07, 6.45) is 11.2. The second-order valence-electron chi connectivity index (χ2n) is 5.13. The molecular formula is C19H24O3. The van der Waals surface area contributed by atoms with Crippen LogP contribution in [0.1, 0.15) is 44.6 Å². The average molecular weight is 300 g/mol. The Labute approximate surface area is 132 Å². The Morgan fingerprint density at radius 2 is 1.95 bits per heavy atom. The molecule has 3 heteroatoms. The lowest BCUT2D eigenvalue weighted by molar-refractivity contribution is -0.133. The number of hydrogen-bond donors (Lipinski definition) is 0. The van der Waals surface area contributed by atoms with E-state index in [2.05, 4.69) is 6.92 Å². The zero-order chi connectivity index (χ0) is 16.0. The molecule has 0 saturated heterocycles. The van der Waals surface area contributed by atoms with Crippen molar-refractivity contribution in [3.05, 3.63) is 54.1 Å². The fourth-order valence-electron chi connectivity index (χ4n) is 2.08. The average Bonchev–Trinajstić information content (AvgIpc) is 2.54. The molecular weight excluding hydrogens is 276 g/mol. The minimum absolute atomic E-state index is 0.0673. The molecule has 0 aliphatic carbocycles. The summed E-state index contributed by atoms with van der Waals surface area (Å²) in [7, 11) is 0. The highest BCUT2D eigenvalue weighted by molar-refractivity contribution is 6.01. The molecule has 0 radical (unpaired) electrons. The minimum atomic E-state index is -0.133. The third kappa shape index (κ3) is 8.20. The van der Waals surface area contributed by atoms with E-state index in [-0.39, 0.29) is 11.9 Å². The Hall–Kier alpha value is -2.16. The number of rotatable bonds is 11. The SMILES string of the molecule is CCCCC[C@H](C/C=C/C(=O)/C=C/c1ccccc1)OC=O. The summed E-state index contributed by atoms with van der Waals surface area (Å²) in [5, 5.41) is 0. The third-order valence-electron chi connectivity index (χ3n) is 3.30. The van der Waals surface area contributed by atoms with Crippen LogP contribution in [0.5, 0.6) is 0 Å². The summed E-state index contributed by atoms with van der Waals surface area (Å²) in [5.74, 6) is -0.0673. The second-order valence-corrected chi connectivity index (χ2v) is 5.13. The van der Waals surface area contributed by atoms with Gasteiger partial charge in [0.05, 0.1) is 0 Å². The summed E-state index contributed by atoms with van der Waals surface area (Å²) in [4.78, 5) is 22.2. The molecule has 0 bridgehead atoms. The Morgan fingerprint density at radius 3 is 2.64 bits per heavy atom. The number of ketones is 1. The Bertz CT molecular complexity index is 489.